The summed E-state index contributed by atoms with van der Waals surface area (Å²) in [7, 11) is 0. The molecule has 2 aliphatic heterocycles. The Morgan fingerprint density at radius 2 is 1.96 bits per heavy atom. The second-order valence-corrected chi connectivity index (χ2v) is 7.72. The molecule has 1 aromatic heterocycles. The summed E-state index contributed by atoms with van der Waals surface area (Å²) < 4.78 is 6.38. The lowest BCUT2D eigenvalue weighted by Gasteiger charge is -2.36. The van der Waals surface area contributed by atoms with E-state index in [1.807, 2.05) is 18.2 Å². The van der Waals surface area contributed by atoms with E-state index in [0.717, 1.165) is 36.6 Å². The van der Waals surface area contributed by atoms with Crippen molar-refractivity contribution >= 4 is 38.6 Å². The van der Waals surface area contributed by atoms with Gasteiger partial charge in [-0.1, -0.05) is 23.5 Å². The quantitative estimate of drug-likeness (QED) is 0.881. The number of ether oxygens (including phenoxy) is 1. The molecular weight excluding hydrogens is 354 g/mol. The molecule has 0 spiro atoms. The standard InChI is InChI=1S/C18H21N3O4S/c22-16(21-9-10-25-14(11-21)17(23)24)12-5-7-20(8-6-12)18-19-13-3-1-2-4-15(13)26-18/h1-4,12,14H,5-11H2,(H,23,24). The Morgan fingerprint density at radius 1 is 1.19 bits per heavy atom. The normalized spacial score (nSPS) is 21.9. The minimum Gasteiger partial charge on any atom is -0.479 e. The number of para-hydroxylation sites is 1. The maximum atomic E-state index is 12.8. The zero-order valence-electron chi connectivity index (χ0n) is 14.3. The zero-order chi connectivity index (χ0) is 18.1. The maximum Gasteiger partial charge on any atom is 0.334 e. The van der Waals surface area contributed by atoms with E-state index in [2.05, 4.69) is 11.0 Å². The molecule has 138 valence electrons. The molecule has 1 N–H and O–H groups in total. The van der Waals surface area contributed by atoms with Gasteiger partial charge in [-0.15, -0.1) is 0 Å². The lowest BCUT2D eigenvalue weighted by Crippen LogP contribution is -2.51. The SMILES string of the molecule is O=C(O)C1CN(C(=O)C2CCN(c3nc4ccccc4s3)CC2)CCO1. The van der Waals surface area contributed by atoms with Crippen LogP contribution < -0.4 is 4.90 Å². The highest BCUT2D eigenvalue weighted by Crippen LogP contribution is 2.31. The predicted octanol–water partition coefficient (Wildman–Crippen LogP) is 1.82. The van der Waals surface area contributed by atoms with Crippen LogP contribution in [0.1, 0.15) is 12.8 Å². The number of anilines is 1. The maximum absolute atomic E-state index is 12.8. The number of piperidine rings is 1. The summed E-state index contributed by atoms with van der Waals surface area (Å²) in [6.45, 7) is 2.49. The van der Waals surface area contributed by atoms with Crippen LogP contribution in [0.15, 0.2) is 24.3 Å². The molecule has 4 rings (SSSR count). The number of nitrogens with zero attached hydrogens (tertiary/aromatic N) is 3. The highest BCUT2D eigenvalue weighted by Gasteiger charge is 2.34. The lowest BCUT2D eigenvalue weighted by atomic mass is 9.95. The van der Waals surface area contributed by atoms with E-state index in [4.69, 9.17) is 14.8 Å². The van der Waals surface area contributed by atoms with Crippen LogP contribution in [0, 0.1) is 5.92 Å². The number of hydrogen-bond donors (Lipinski definition) is 1. The Balaban J connectivity index is 1.37. The average molecular weight is 375 g/mol. The number of rotatable bonds is 3. The number of benzene rings is 1. The number of amides is 1. The van der Waals surface area contributed by atoms with Crippen molar-refractivity contribution in [2.24, 2.45) is 5.92 Å². The number of aliphatic carboxylic acids is 1. The van der Waals surface area contributed by atoms with Gasteiger partial charge in [0.2, 0.25) is 5.91 Å². The molecule has 2 saturated heterocycles. The molecule has 26 heavy (non-hydrogen) atoms. The van der Waals surface area contributed by atoms with Crippen molar-refractivity contribution in [2.45, 2.75) is 18.9 Å². The second-order valence-electron chi connectivity index (χ2n) is 6.71. The first-order chi connectivity index (χ1) is 12.6. The topological polar surface area (TPSA) is 83.0 Å². The van der Waals surface area contributed by atoms with Crippen LogP contribution in [0.25, 0.3) is 10.2 Å². The third kappa shape index (κ3) is 3.39. The summed E-state index contributed by atoms with van der Waals surface area (Å²) >= 11 is 1.68. The third-order valence-corrected chi connectivity index (χ3v) is 6.15. The van der Waals surface area contributed by atoms with Gasteiger partial charge in [0.05, 0.1) is 23.4 Å². The largest absolute Gasteiger partial charge is 0.479 e. The first-order valence-electron chi connectivity index (χ1n) is 8.85. The summed E-state index contributed by atoms with van der Waals surface area (Å²) in [5, 5.41) is 10.1. The van der Waals surface area contributed by atoms with Crippen molar-refractivity contribution in [3.8, 4) is 0 Å². The van der Waals surface area contributed by atoms with E-state index in [-0.39, 0.29) is 25.0 Å². The molecule has 2 aromatic rings. The van der Waals surface area contributed by atoms with Crippen molar-refractivity contribution in [1.29, 1.82) is 0 Å². The fourth-order valence-electron chi connectivity index (χ4n) is 3.57. The van der Waals surface area contributed by atoms with Gasteiger partial charge in [0.15, 0.2) is 11.2 Å². The van der Waals surface area contributed by atoms with E-state index in [9.17, 15) is 9.59 Å². The van der Waals surface area contributed by atoms with Gasteiger partial charge in [-0.2, -0.15) is 0 Å². The van der Waals surface area contributed by atoms with Gasteiger partial charge in [0, 0.05) is 25.6 Å². The molecule has 0 aliphatic carbocycles. The molecule has 1 atom stereocenters. The van der Waals surface area contributed by atoms with Crippen molar-refractivity contribution < 1.29 is 19.4 Å². The van der Waals surface area contributed by atoms with Gasteiger partial charge in [0.25, 0.3) is 0 Å². The van der Waals surface area contributed by atoms with Gasteiger partial charge < -0.3 is 19.6 Å². The van der Waals surface area contributed by atoms with E-state index in [1.165, 1.54) is 4.70 Å². The molecule has 1 unspecified atom stereocenters. The molecule has 2 aliphatic rings. The number of fused-ring (bicyclic) bond motifs is 1. The first-order valence-corrected chi connectivity index (χ1v) is 9.67. The van der Waals surface area contributed by atoms with E-state index in [1.54, 1.807) is 16.2 Å². The number of carbonyl (C=O) groups is 2. The van der Waals surface area contributed by atoms with Crippen LogP contribution in [0.5, 0.6) is 0 Å². The van der Waals surface area contributed by atoms with Crippen LogP contribution in [0.3, 0.4) is 0 Å². The summed E-state index contributed by atoms with van der Waals surface area (Å²) in [6.07, 6.45) is 0.629. The molecule has 3 heterocycles. The van der Waals surface area contributed by atoms with Crippen LogP contribution in [0.4, 0.5) is 5.13 Å². The van der Waals surface area contributed by atoms with Gasteiger partial charge in [-0.25, -0.2) is 9.78 Å². The summed E-state index contributed by atoms with van der Waals surface area (Å²) in [5.74, 6) is -0.996. The molecular formula is C18H21N3O4S. The number of carboxylic acids is 1. The smallest absolute Gasteiger partial charge is 0.334 e. The van der Waals surface area contributed by atoms with Crippen LogP contribution in [-0.2, 0) is 14.3 Å². The molecule has 0 bridgehead atoms. The van der Waals surface area contributed by atoms with Gasteiger partial charge >= 0.3 is 5.97 Å². The molecule has 0 radical (unpaired) electrons. The zero-order valence-corrected chi connectivity index (χ0v) is 15.2. The van der Waals surface area contributed by atoms with Gasteiger partial charge in [-0.05, 0) is 25.0 Å². The minimum atomic E-state index is -1.01. The van der Waals surface area contributed by atoms with Crippen molar-refractivity contribution in [3.05, 3.63) is 24.3 Å². The number of carboxylic acid groups (broad SMARTS) is 1. The Kier molecular flexibility index (Phi) is 4.78. The summed E-state index contributed by atoms with van der Waals surface area (Å²) in [6, 6.07) is 8.10. The van der Waals surface area contributed by atoms with Crippen LogP contribution >= 0.6 is 11.3 Å². The number of thiazole rings is 1. The molecule has 7 nitrogen and oxygen atoms in total. The predicted molar refractivity (Wildman–Crippen MR) is 98.5 cm³/mol. The highest BCUT2D eigenvalue weighted by atomic mass is 32.1. The number of aromatic nitrogens is 1. The fourth-order valence-corrected chi connectivity index (χ4v) is 4.59. The van der Waals surface area contributed by atoms with Crippen molar-refractivity contribution in [1.82, 2.24) is 9.88 Å². The van der Waals surface area contributed by atoms with Crippen molar-refractivity contribution in [2.75, 3.05) is 37.7 Å². The molecule has 8 heteroatoms. The molecule has 1 aromatic carbocycles. The van der Waals surface area contributed by atoms with Gasteiger partial charge in [0.1, 0.15) is 0 Å². The Labute approximate surface area is 155 Å². The third-order valence-electron chi connectivity index (χ3n) is 5.05. The number of hydrogen-bond acceptors (Lipinski definition) is 6. The Morgan fingerprint density at radius 3 is 2.69 bits per heavy atom. The molecule has 2 fully saturated rings. The van der Waals surface area contributed by atoms with E-state index >= 15 is 0 Å². The van der Waals surface area contributed by atoms with Crippen molar-refractivity contribution in [3.63, 3.8) is 0 Å². The van der Waals surface area contributed by atoms with Gasteiger partial charge in [-0.3, -0.25) is 4.79 Å². The minimum absolute atomic E-state index is 0.0480. The monoisotopic (exact) mass is 375 g/mol. The number of morpholine rings is 1. The van der Waals surface area contributed by atoms with Crippen LogP contribution in [-0.4, -0.2) is 65.8 Å². The summed E-state index contributed by atoms with van der Waals surface area (Å²) in [5.41, 5.74) is 1.01. The average Bonchev–Trinajstić information content (AvgIpc) is 3.12. The van der Waals surface area contributed by atoms with Crippen LogP contribution in [0.2, 0.25) is 0 Å². The Hall–Kier alpha value is -2.19. The lowest BCUT2D eigenvalue weighted by molar-refractivity contribution is -0.160. The van der Waals surface area contributed by atoms with E-state index in [0.29, 0.717) is 6.54 Å². The fraction of sp³-hybridized carbons (Fsp3) is 0.500. The Bertz CT molecular complexity index is 783. The summed E-state index contributed by atoms with van der Waals surface area (Å²) in [4.78, 5) is 32.4. The molecule has 1 amide bonds. The highest BCUT2D eigenvalue weighted by molar-refractivity contribution is 7.22. The first kappa shape index (κ1) is 17.2. The number of carbonyl (C=O) groups excluding carboxylic acids is 1. The molecule has 0 saturated carbocycles. The van der Waals surface area contributed by atoms with E-state index < -0.39 is 12.1 Å². The second kappa shape index (κ2) is 7.20.